The van der Waals surface area contributed by atoms with Crippen LogP contribution in [0, 0.1) is 0 Å². The summed E-state index contributed by atoms with van der Waals surface area (Å²) in [4.78, 5) is 29.9. The molecule has 0 aromatic heterocycles. The van der Waals surface area contributed by atoms with Crippen LogP contribution in [0.15, 0.2) is 114 Å². The zero-order valence-electron chi connectivity index (χ0n) is 26.2. The standard InChI is InChI=1S/C37H41N3O5S/c1-45-33-19-14-31(15-20-33)27-38-37(42)35(26-30-10-4-2-5-11-30)40(28-32-12-6-3-7-13-32)36(41)23-18-29-16-21-34(22-17-29)46(43,44)39-24-8-9-25-39/h2-7,10-17,19-22,35H,8-9,18,23-28H2,1H3,(H,38,42). The molecule has 0 radical (unpaired) electrons. The fourth-order valence-electron chi connectivity index (χ4n) is 5.68. The van der Waals surface area contributed by atoms with Crippen molar-refractivity contribution in [2.75, 3.05) is 20.2 Å². The molecule has 0 saturated carbocycles. The minimum atomic E-state index is -3.51. The Balaban J connectivity index is 1.34. The molecule has 240 valence electrons. The highest BCUT2D eigenvalue weighted by Gasteiger charge is 2.30. The zero-order valence-corrected chi connectivity index (χ0v) is 27.0. The number of nitrogens with zero attached hydrogens (tertiary/aromatic N) is 2. The maximum absolute atomic E-state index is 14.0. The molecule has 1 saturated heterocycles. The minimum Gasteiger partial charge on any atom is -0.497 e. The summed E-state index contributed by atoms with van der Waals surface area (Å²) in [7, 11) is -1.90. The summed E-state index contributed by atoms with van der Waals surface area (Å²) in [6, 6.07) is 33.0. The van der Waals surface area contributed by atoms with Crippen LogP contribution in [0.5, 0.6) is 5.75 Å². The first kappa shape index (κ1) is 32.9. The van der Waals surface area contributed by atoms with Crippen molar-refractivity contribution < 1.29 is 22.7 Å². The monoisotopic (exact) mass is 639 g/mol. The Bertz CT molecular complexity index is 1670. The van der Waals surface area contributed by atoms with Crippen LogP contribution in [0.4, 0.5) is 0 Å². The molecule has 0 spiro atoms. The van der Waals surface area contributed by atoms with Crippen LogP contribution in [0.1, 0.15) is 41.5 Å². The van der Waals surface area contributed by atoms with Gasteiger partial charge in [-0.15, -0.1) is 0 Å². The summed E-state index contributed by atoms with van der Waals surface area (Å²) in [5, 5.41) is 3.06. The number of benzene rings is 4. The molecule has 46 heavy (non-hydrogen) atoms. The Hall–Kier alpha value is -4.47. The van der Waals surface area contributed by atoms with E-state index in [1.807, 2.05) is 84.9 Å². The lowest BCUT2D eigenvalue weighted by Crippen LogP contribution is -2.50. The highest BCUT2D eigenvalue weighted by Crippen LogP contribution is 2.22. The lowest BCUT2D eigenvalue weighted by Gasteiger charge is -2.32. The second-order valence-corrected chi connectivity index (χ2v) is 13.5. The first-order valence-corrected chi connectivity index (χ1v) is 17.1. The van der Waals surface area contributed by atoms with E-state index in [1.165, 1.54) is 4.31 Å². The van der Waals surface area contributed by atoms with E-state index in [2.05, 4.69) is 5.32 Å². The van der Waals surface area contributed by atoms with E-state index < -0.39 is 16.1 Å². The van der Waals surface area contributed by atoms with Crippen molar-refractivity contribution >= 4 is 21.8 Å². The van der Waals surface area contributed by atoms with Crippen LogP contribution in [-0.4, -0.2) is 55.7 Å². The Labute approximate surface area is 272 Å². The molecule has 4 aromatic carbocycles. The van der Waals surface area contributed by atoms with Crippen LogP contribution in [-0.2, 0) is 45.5 Å². The van der Waals surface area contributed by atoms with Crippen molar-refractivity contribution in [1.82, 2.24) is 14.5 Å². The predicted molar refractivity (Wildman–Crippen MR) is 179 cm³/mol. The number of ether oxygens (including phenoxy) is 1. The molecule has 2 amide bonds. The van der Waals surface area contributed by atoms with Gasteiger partial charge in [-0.25, -0.2) is 8.42 Å². The maximum Gasteiger partial charge on any atom is 0.243 e. The van der Waals surface area contributed by atoms with Crippen molar-refractivity contribution in [3.63, 3.8) is 0 Å². The van der Waals surface area contributed by atoms with Gasteiger partial charge in [0.1, 0.15) is 11.8 Å². The fraction of sp³-hybridized carbons (Fsp3) is 0.297. The van der Waals surface area contributed by atoms with E-state index in [1.54, 1.807) is 36.3 Å². The van der Waals surface area contributed by atoms with Crippen LogP contribution >= 0.6 is 0 Å². The molecule has 1 atom stereocenters. The van der Waals surface area contributed by atoms with Gasteiger partial charge in [-0.2, -0.15) is 4.31 Å². The first-order valence-electron chi connectivity index (χ1n) is 15.7. The number of hydrogen-bond donors (Lipinski definition) is 1. The number of aryl methyl sites for hydroxylation is 1. The molecular formula is C37H41N3O5S. The van der Waals surface area contributed by atoms with Gasteiger partial charge < -0.3 is 15.0 Å². The van der Waals surface area contributed by atoms with Crippen molar-refractivity contribution in [3.8, 4) is 5.75 Å². The average molecular weight is 640 g/mol. The van der Waals surface area contributed by atoms with E-state index in [-0.39, 0.29) is 29.7 Å². The number of rotatable bonds is 14. The molecule has 9 heteroatoms. The third-order valence-electron chi connectivity index (χ3n) is 8.35. The maximum atomic E-state index is 14.0. The summed E-state index contributed by atoms with van der Waals surface area (Å²) in [6.07, 6.45) is 2.70. The van der Waals surface area contributed by atoms with Crippen molar-refractivity contribution in [2.24, 2.45) is 0 Å². The minimum absolute atomic E-state index is 0.154. The number of sulfonamides is 1. The molecule has 1 fully saturated rings. The highest BCUT2D eigenvalue weighted by atomic mass is 32.2. The lowest BCUT2D eigenvalue weighted by atomic mass is 10.0. The molecule has 1 aliphatic heterocycles. The Kier molecular flexibility index (Phi) is 11.2. The molecule has 1 heterocycles. The van der Waals surface area contributed by atoms with Gasteiger partial charge in [0, 0.05) is 39.0 Å². The number of amides is 2. The van der Waals surface area contributed by atoms with Crippen molar-refractivity contribution in [1.29, 1.82) is 0 Å². The predicted octanol–water partition coefficient (Wildman–Crippen LogP) is 5.37. The van der Waals surface area contributed by atoms with Crippen LogP contribution in [0.2, 0.25) is 0 Å². The number of hydrogen-bond acceptors (Lipinski definition) is 5. The van der Waals surface area contributed by atoms with Crippen molar-refractivity contribution in [3.05, 3.63) is 131 Å². The molecule has 0 bridgehead atoms. The first-order chi connectivity index (χ1) is 22.3. The summed E-state index contributed by atoms with van der Waals surface area (Å²) < 4.78 is 32.7. The molecular weight excluding hydrogens is 598 g/mol. The average Bonchev–Trinajstić information content (AvgIpc) is 3.65. The Morgan fingerprint density at radius 2 is 1.37 bits per heavy atom. The van der Waals surface area contributed by atoms with Crippen LogP contribution in [0.25, 0.3) is 0 Å². The van der Waals surface area contributed by atoms with Crippen molar-refractivity contribution in [2.45, 2.75) is 56.1 Å². The smallest absolute Gasteiger partial charge is 0.243 e. The molecule has 8 nitrogen and oxygen atoms in total. The molecule has 1 N–H and O–H groups in total. The van der Waals surface area contributed by atoms with E-state index in [9.17, 15) is 18.0 Å². The number of carbonyl (C=O) groups excluding carboxylic acids is 2. The molecule has 1 unspecified atom stereocenters. The number of methoxy groups -OCH3 is 1. The molecule has 5 rings (SSSR count). The third-order valence-corrected chi connectivity index (χ3v) is 10.3. The summed E-state index contributed by atoms with van der Waals surface area (Å²) in [6.45, 7) is 1.69. The van der Waals surface area contributed by atoms with E-state index in [4.69, 9.17) is 4.74 Å². The SMILES string of the molecule is COc1ccc(CNC(=O)C(Cc2ccccc2)N(Cc2ccccc2)C(=O)CCc2ccc(S(=O)(=O)N3CCCC3)cc2)cc1. The lowest BCUT2D eigenvalue weighted by molar-refractivity contribution is -0.141. The van der Waals surface area contributed by atoms with E-state index >= 15 is 0 Å². The number of nitrogens with one attached hydrogen (secondary N) is 1. The van der Waals surface area contributed by atoms with Crippen LogP contribution < -0.4 is 10.1 Å². The number of carbonyl (C=O) groups is 2. The molecule has 4 aromatic rings. The van der Waals surface area contributed by atoms with Gasteiger partial charge in [0.25, 0.3) is 0 Å². The van der Waals surface area contributed by atoms with E-state index in [0.717, 1.165) is 40.8 Å². The second-order valence-electron chi connectivity index (χ2n) is 11.5. The van der Waals surface area contributed by atoms with E-state index in [0.29, 0.717) is 32.5 Å². The third kappa shape index (κ3) is 8.62. The Morgan fingerprint density at radius 3 is 1.98 bits per heavy atom. The molecule has 1 aliphatic rings. The zero-order chi connectivity index (χ0) is 32.4. The van der Waals surface area contributed by atoms with Gasteiger partial charge in [0.2, 0.25) is 21.8 Å². The largest absolute Gasteiger partial charge is 0.497 e. The van der Waals surface area contributed by atoms with Gasteiger partial charge in [-0.3, -0.25) is 9.59 Å². The fourth-order valence-corrected chi connectivity index (χ4v) is 7.20. The van der Waals surface area contributed by atoms with Crippen LogP contribution in [0.3, 0.4) is 0 Å². The summed E-state index contributed by atoms with van der Waals surface area (Å²) >= 11 is 0. The second kappa shape index (κ2) is 15.7. The quantitative estimate of drug-likeness (QED) is 0.200. The van der Waals surface area contributed by atoms with Gasteiger partial charge in [0.15, 0.2) is 0 Å². The van der Waals surface area contributed by atoms with Gasteiger partial charge in [-0.05, 0) is 65.8 Å². The summed E-state index contributed by atoms with van der Waals surface area (Å²) in [5.41, 5.74) is 3.65. The Morgan fingerprint density at radius 1 is 0.783 bits per heavy atom. The van der Waals surface area contributed by atoms with Gasteiger partial charge in [-0.1, -0.05) is 84.9 Å². The normalized spacial score (nSPS) is 14.0. The highest BCUT2D eigenvalue weighted by molar-refractivity contribution is 7.89. The molecule has 0 aliphatic carbocycles. The summed E-state index contributed by atoms with van der Waals surface area (Å²) in [5.74, 6) is 0.345. The van der Waals surface area contributed by atoms with Gasteiger partial charge in [0.05, 0.1) is 12.0 Å². The van der Waals surface area contributed by atoms with Gasteiger partial charge >= 0.3 is 0 Å². The topological polar surface area (TPSA) is 96.0 Å².